The fourth-order valence-corrected chi connectivity index (χ4v) is 4.44. The Balaban J connectivity index is 1.77. The maximum absolute atomic E-state index is 12.5. The third-order valence-electron chi connectivity index (χ3n) is 3.92. The third-order valence-corrected chi connectivity index (χ3v) is 6.47. The van der Waals surface area contributed by atoms with Gasteiger partial charge in [-0.3, -0.25) is 9.48 Å². The van der Waals surface area contributed by atoms with E-state index in [9.17, 15) is 13.2 Å². The van der Waals surface area contributed by atoms with Crippen molar-refractivity contribution in [3.05, 3.63) is 47.0 Å². The number of carbonyl (C=O) groups excluding carboxylic acids is 1. The fraction of sp³-hybridized carbons (Fsp3) is 0.333. The smallest absolute Gasteiger partial charge is 0.268 e. The highest BCUT2D eigenvalue weighted by molar-refractivity contribution is 8.32. The van der Waals surface area contributed by atoms with Gasteiger partial charge in [0.1, 0.15) is 16.0 Å². The average Bonchev–Trinajstić information content (AvgIpc) is 3.25. The van der Waals surface area contributed by atoms with Crippen molar-refractivity contribution in [1.29, 1.82) is 0 Å². The number of amides is 1. The molecule has 0 saturated carbocycles. The largest absolute Gasteiger partial charge is 0.467 e. The van der Waals surface area contributed by atoms with Gasteiger partial charge in [-0.2, -0.15) is 5.10 Å². The first-order chi connectivity index (χ1) is 14.4. The van der Waals surface area contributed by atoms with E-state index in [1.165, 1.54) is 34.6 Å². The van der Waals surface area contributed by atoms with Gasteiger partial charge in [-0.15, -0.1) is 5.10 Å². The molecule has 0 unspecified atom stereocenters. The Kier molecular flexibility index (Phi) is 6.35. The number of nitrogens with zero attached hydrogens (tertiary/aromatic N) is 5. The number of aryl methyl sites for hydroxylation is 2. The zero-order valence-electron chi connectivity index (χ0n) is 17.7. The summed E-state index contributed by atoms with van der Waals surface area (Å²) >= 11 is 6.16. The van der Waals surface area contributed by atoms with E-state index in [1.54, 1.807) is 19.3 Å². The number of hydrogen-bond donors (Lipinski definition) is 1. The first-order valence-electron chi connectivity index (χ1n) is 8.94. The van der Waals surface area contributed by atoms with Crippen molar-refractivity contribution in [3.63, 3.8) is 0 Å². The zero-order valence-corrected chi connectivity index (χ0v) is 20.0. The summed E-state index contributed by atoms with van der Waals surface area (Å²) in [6.07, 6.45) is 9.36. The summed E-state index contributed by atoms with van der Waals surface area (Å²) < 4.78 is 35.5. The summed E-state index contributed by atoms with van der Waals surface area (Å²) in [5.41, 5.74) is 0.183. The zero-order chi connectivity index (χ0) is 23.0. The number of ether oxygens (including phenoxy) is 1. The second-order valence-electron chi connectivity index (χ2n) is 7.65. The molecule has 168 valence electrons. The van der Waals surface area contributed by atoms with Crippen LogP contribution in [0.2, 0.25) is 5.15 Å². The Morgan fingerprint density at radius 1 is 1.19 bits per heavy atom. The predicted molar refractivity (Wildman–Crippen MR) is 120 cm³/mol. The normalized spacial score (nSPS) is 12.6. The Labute approximate surface area is 186 Å². The van der Waals surface area contributed by atoms with Gasteiger partial charge < -0.3 is 4.74 Å². The summed E-state index contributed by atoms with van der Waals surface area (Å²) in [6.45, 7) is 1.53. The van der Waals surface area contributed by atoms with E-state index < -0.39 is 26.0 Å². The van der Waals surface area contributed by atoms with Crippen LogP contribution in [0.15, 0.2) is 35.5 Å². The molecule has 0 aliphatic rings. The number of sulfonamides is 1. The van der Waals surface area contributed by atoms with Crippen molar-refractivity contribution in [2.24, 2.45) is 7.05 Å². The Hall–Kier alpha value is -2.57. The molecule has 3 aromatic rings. The molecule has 3 rings (SSSR count). The molecule has 10 nitrogen and oxygen atoms in total. The van der Waals surface area contributed by atoms with E-state index in [4.69, 9.17) is 16.3 Å². The van der Waals surface area contributed by atoms with E-state index in [0.29, 0.717) is 17.6 Å². The molecule has 0 aliphatic heterocycles. The lowest BCUT2D eigenvalue weighted by Gasteiger charge is -2.23. The van der Waals surface area contributed by atoms with Gasteiger partial charge in [0.25, 0.3) is 15.9 Å². The van der Waals surface area contributed by atoms with Gasteiger partial charge in [-0.05, 0) is 37.8 Å². The lowest BCUT2D eigenvalue weighted by molar-refractivity contribution is 0.0981. The third kappa shape index (κ3) is 5.57. The minimum absolute atomic E-state index is 0.0875. The number of pyridine rings is 1. The predicted octanol–water partition coefficient (Wildman–Crippen LogP) is 2.11. The Morgan fingerprint density at radius 2 is 1.90 bits per heavy atom. The molecular weight excluding hydrogens is 464 g/mol. The molecule has 13 heteroatoms. The molecule has 1 N–H and O–H groups in total. The van der Waals surface area contributed by atoms with Crippen LogP contribution < -0.4 is 9.46 Å². The number of nitrogens with one attached hydrogen (secondary N) is 1. The molecule has 0 fully saturated rings. The number of halogens is 1. The highest BCUT2D eigenvalue weighted by atomic mass is 35.5. The molecule has 3 heterocycles. The van der Waals surface area contributed by atoms with Gasteiger partial charge >= 0.3 is 0 Å². The van der Waals surface area contributed by atoms with Gasteiger partial charge in [-0.1, -0.05) is 11.6 Å². The van der Waals surface area contributed by atoms with Gasteiger partial charge in [0.2, 0.25) is 5.88 Å². The molecule has 0 aromatic carbocycles. The van der Waals surface area contributed by atoms with Crippen LogP contribution in [0.1, 0.15) is 16.1 Å². The Bertz CT molecular complexity index is 1230. The minimum atomic E-state index is -4.11. The highest BCUT2D eigenvalue weighted by Crippen LogP contribution is 2.34. The minimum Gasteiger partial charge on any atom is -0.467 e. The summed E-state index contributed by atoms with van der Waals surface area (Å²) in [7, 11) is -3.37. The first kappa shape index (κ1) is 23.1. The van der Waals surface area contributed by atoms with Crippen LogP contribution in [0, 0.1) is 6.92 Å². The average molecular weight is 487 g/mol. The second kappa shape index (κ2) is 8.52. The lowest BCUT2D eigenvalue weighted by atomic mass is 10.3. The number of carbonyl (C=O) groups is 1. The van der Waals surface area contributed by atoms with Crippen LogP contribution in [-0.2, 0) is 17.1 Å². The molecular formula is C18H23ClN6O4S2. The van der Waals surface area contributed by atoms with Crippen molar-refractivity contribution in [2.45, 2.75) is 11.8 Å². The van der Waals surface area contributed by atoms with Gasteiger partial charge in [0.15, 0.2) is 5.82 Å². The van der Waals surface area contributed by atoms with Crippen LogP contribution >= 0.6 is 21.6 Å². The summed E-state index contributed by atoms with van der Waals surface area (Å²) in [6, 6.07) is 4.59. The first-order valence-corrected chi connectivity index (χ1v) is 13.8. The van der Waals surface area contributed by atoms with E-state index in [2.05, 4.69) is 33.9 Å². The van der Waals surface area contributed by atoms with Crippen LogP contribution in [-0.4, -0.2) is 63.6 Å². The van der Waals surface area contributed by atoms with Crippen molar-refractivity contribution < 1.29 is 17.9 Å². The van der Waals surface area contributed by atoms with Crippen LogP contribution in [0.5, 0.6) is 5.88 Å². The monoisotopic (exact) mass is 486 g/mol. The van der Waals surface area contributed by atoms with E-state index >= 15 is 0 Å². The number of hydrogen-bond acceptors (Lipinski definition) is 7. The lowest BCUT2D eigenvalue weighted by Crippen LogP contribution is -2.31. The molecule has 0 bridgehead atoms. The van der Waals surface area contributed by atoms with Crippen LogP contribution in [0.25, 0.3) is 5.82 Å². The van der Waals surface area contributed by atoms with E-state index in [1.807, 2.05) is 4.72 Å². The van der Waals surface area contributed by atoms with E-state index in [0.717, 1.165) is 0 Å². The topological polar surface area (TPSA) is 121 Å². The van der Waals surface area contributed by atoms with Gasteiger partial charge in [0, 0.05) is 25.5 Å². The van der Waals surface area contributed by atoms with E-state index in [-0.39, 0.29) is 21.3 Å². The molecule has 0 atom stereocenters. The van der Waals surface area contributed by atoms with Gasteiger partial charge in [0.05, 0.1) is 11.3 Å². The molecule has 0 aliphatic carbocycles. The SMILES string of the molecule is Cc1nn(C)cc1S(=O)(=O)NC(=O)c1ccc(-n2ccc(OCS(C)(C)C)n2)nc1Cl. The molecule has 31 heavy (non-hydrogen) atoms. The highest BCUT2D eigenvalue weighted by Gasteiger charge is 2.24. The van der Waals surface area contributed by atoms with Crippen LogP contribution in [0.4, 0.5) is 0 Å². The molecule has 3 aromatic heterocycles. The summed E-state index contributed by atoms with van der Waals surface area (Å²) in [4.78, 5) is 16.6. The van der Waals surface area contributed by atoms with Crippen molar-refractivity contribution in [2.75, 3.05) is 24.7 Å². The number of rotatable bonds is 7. The summed E-state index contributed by atoms with van der Waals surface area (Å²) in [5, 5.41) is 8.11. The molecule has 0 saturated heterocycles. The van der Waals surface area contributed by atoms with Crippen molar-refractivity contribution in [3.8, 4) is 11.7 Å². The maximum atomic E-state index is 12.5. The van der Waals surface area contributed by atoms with Crippen molar-refractivity contribution in [1.82, 2.24) is 29.3 Å². The fourth-order valence-electron chi connectivity index (χ4n) is 2.54. The molecule has 0 radical (unpaired) electrons. The van der Waals surface area contributed by atoms with Crippen molar-refractivity contribution >= 4 is 37.6 Å². The quantitative estimate of drug-likeness (QED) is 0.507. The maximum Gasteiger partial charge on any atom is 0.268 e. The Morgan fingerprint density at radius 3 is 2.48 bits per heavy atom. The number of aromatic nitrogens is 5. The summed E-state index contributed by atoms with van der Waals surface area (Å²) in [5.74, 6) is 0.470. The van der Waals surface area contributed by atoms with Gasteiger partial charge in [-0.25, -0.2) is 32.8 Å². The molecule has 1 amide bonds. The van der Waals surface area contributed by atoms with Crippen LogP contribution in [0.3, 0.4) is 0 Å². The second-order valence-corrected chi connectivity index (χ2v) is 14.1. The standard InChI is InChI=1S/C18H23ClN6O4S2/c1-12-14(10-24(2)21-12)31(27,28)23-18(26)13-6-7-15(20-17(13)19)25-9-8-16(22-25)29-11-30(3,4)5/h6-10H,11H2,1-5H3,(H,23,26). The molecule has 0 spiro atoms.